The van der Waals surface area contributed by atoms with E-state index in [4.69, 9.17) is 9.47 Å². The molecule has 156 valence electrons. The molecule has 2 rings (SSSR count). The SMILES string of the molecule is CC(C)CCOC(=O)c1ccccc1Sc1ccccc1C(=O)OCCC(C)C. The van der Waals surface area contributed by atoms with Crippen molar-refractivity contribution in [2.75, 3.05) is 13.2 Å². The number of hydrogen-bond donors (Lipinski definition) is 0. The predicted octanol–water partition coefficient (Wildman–Crippen LogP) is 6.24. The van der Waals surface area contributed by atoms with Crippen molar-refractivity contribution in [3.05, 3.63) is 59.7 Å². The zero-order chi connectivity index (χ0) is 21.2. The normalized spacial score (nSPS) is 11.0. The summed E-state index contributed by atoms with van der Waals surface area (Å²) < 4.78 is 10.9. The van der Waals surface area contributed by atoms with Gasteiger partial charge in [-0.3, -0.25) is 0 Å². The molecule has 0 unspecified atom stereocenters. The summed E-state index contributed by atoms with van der Waals surface area (Å²) in [5.41, 5.74) is 1.01. The maximum Gasteiger partial charge on any atom is 0.339 e. The Morgan fingerprint density at radius 3 is 1.48 bits per heavy atom. The van der Waals surface area contributed by atoms with E-state index >= 15 is 0 Å². The standard InChI is InChI=1S/C24H30O4S/c1-17(2)13-15-27-23(25)19-9-5-7-11-21(19)29-22-12-8-6-10-20(22)24(26)28-16-14-18(3)4/h5-12,17-18H,13-16H2,1-4H3. The number of carbonyl (C=O) groups excluding carboxylic acids is 2. The summed E-state index contributed by atoms with van der Waals surface area (Å²) in [6.07, 6.45) is 1.65. The van der Waals surface area contributed by atoms with Crippen LogP contribution in [-0.4, -0.2) is 25.2 Å². The van der Waals surface area contributed by atoms with Gasteiger partial charge in [-0.1, -0.05) is 63.7 Å². The maximum atomic E-state index is 12.5. The lowest BCUT2D eigenvalue weighted by atomic mass is 10.1. The molecule has 0 radical (unpaired) electrons. The molecule has 0 aliphatic heterocycles. The molecule has 4 nitrogen and oxygen atoms in total. The van der Waals surface area contributed by atoms with E-state index in [-0.39, 0.29) is 11.9 Å². The van der Waals surface area contributed by atoms with Gasteiger partial charge in [0, 0.05) is 9.79 Å². The first-order chi connectivity index (χ1) is 13.9. The Morgan fingerprint density at radius 1 is 0.724 bits per heavy atom. The zero-order valence-electron chi connectivity index (χ0n) is 17.6. The molecule has 0 heterocycles. The number of benzene rings is 2. The average molecular weight is 415 g/mol. The lowest BCUT2D eigenvalue weighted by Gasteiger charge is -2.13. The summed E-state index contributed by atoms with van der Waals surface area (Å²) in [5.74, 6) is 0.262. The second-order valence-corrected chi connectivity index (χ2v) is 8.82. The largest absolute Gasteiger partial charge is 0.462 e. The van der Waals surface area contributed by atoms with Crippen molar-refractivity contribution in [1.29, 1.82) is 0 Å². The molecule has 2 aromatic rings. The van der Waals surface area contributed by atoms with Crippen molar-refractivity contribution in [3.8, 4) is 0 Å². The Balaban J connectivity index is 2.14. The minimum atomic E-state index is -0.342. The summed E-state index contributed by atoms with van der Waals surface area (Å²) >= 11 is 1.38. The number of carbonyl (C=O) groups is 2. The molecule has 0 aromatic heterocycles. The van der Waals surface area contributed by atoms with E-state index in [0.29, 0.717) is 36.2 Å². The van der Waals surface area contributed by atoms with Crippen LogP contribution in [0, 0.1) is 11.8 Å². The number of esters is 2. The van der Waals surface area contributed by atoms with Crippen molar-refractivity contribution < 1.29 is 19.1 Å². The van der Waals surface area contributed by atoms with Gasteiger partial charge in [0.25, 0.3) is 0 Å². The number of hydrogen-bond acceptors (Lipinski definition) is 5. The summed E-state index contributed by atoms with van der Waals surface area (Å²) in [5, 5.41) is 0. The van der Waals surface area contributed by atoms with Crippen LogP contribution in [0.4, 0.5) is 0 Å². The molecule has 0 saturated heterocycles. The van der Waals surface area contributed by atoms with Gasteiger partial charge in [0.1, 0.15) is 0 Å². The molecule has 0 amide bonds. The molecule has 0 aliphatic rings. The van der Waals surface area contributed by atoms with Crippen LogP contribution in [0.25, 0.3) is 0 Å². The van der Waals surface area contributed by atoms with Crippen molar-refractivity contribution in [1.82, 2.24) is 0 Å². The molecule has 0 N–H and O–H groups in total. The summed E-state index contributed by atoms with van der Waals surface area (Å²) in [6.45, 7) is 9.16. The van der Waals surface area contributed by atoms with Crippen LogP contribution in [0.5, 0.6) is 0 Å². The number of rotatable bonds is 10. The summed E-state index contributed by atoms with van der Waals surface area (Å²) in [6, 6.07) is 14.6. The van der Waals surface area contributed by atoms with E-state index < -0.39 is 0 Å². The molecule has 0 atom stereocenters. The van der Waals surface area contributed by atoms with Gasteiger partial charge in [-0.2, -0.15) is 0 Å². The first-order valence-corrected chi connectivity index (χ1v) is 10.9. The van der Waals surface area contributed by atoms with E-state index in [0.717, 1.165) is 22.6 Å². The highest BCUT2D eigenvalue weighted by Gasteiger charge is 2.18. The van der Waals surface area contributed by atoms with Gasteiger partial charge in [-0.05, 0) is 48.9 Å². The van der Waals surface area contributed by atoms with Crippen LogP contribution in [0.3, 0.4) is 0 Å². The van der Waals surface area contributed by atoms with Crippen molar-refractivity contribution in [3.63, 3.8) is 0 Å². The van der Waals surface area contributed by atoms with Gasteiger partial charge < -0.3 is 9.47 Å². The monoisotopic (exact) mass is 414 g/mol. The topological polar surface area (TPSA) is 52.6 Å². The van der Waals surface area contributed by atoms with Crippen LogP contribution in [-0.2, 0) is 9.47 Å². The predicted molar refractivity (Wildman–Crippen MR) is 116 cm³/mol. The highest BCUT2D eigenvalue weighted by molar-refractivity contribution is 7.99. The minimum absolute atomic E-state index is 0.342. The minimum Gasteiger partial charge on any atom is -0.462 e. The lowest BCUT2D eigenvalue weighted by Crippen LogP contribution is -2.10. The fourth-order valence-electron chi connectivity index (χ4n) is 2.50. The molecule has 0 spiro atoms. The van der Waals surface area contributed by atoms with E-state index in [9.17, 15) is 9.59 Å². The summed E-state index contributed by atoms with van der Waals surface area (Å²) in [7, 11) is 0. The van der Waals surface area contributed by atoms with Gasteiger partial charge in [0.15, 0.2) is 0 Å². The maximum absolute atomic E-state index is 12.5. The fraction of sp³-hybridized carbons (Fsp3) is 0.417. The van der Waals surface area contributed by atoms with E-state index in [2.05, 4.69) is 27.7 Å². The molecule has 0 fully saturated rings. The van der Waals surface area contributed by atoms with E-state index in [1.807, 2.05) is 36.4 Å². The Hall–Kier alpha value is -2.27. The van der Waals surface area contributed by atoms with Crippen LogP contribution >= 0.6 is 11.8 Å². The third-order valence-electron chi connectivity index (χ3n) is 4.29. The summed E-state index contributed by atoms with van der Waals surface area (Å²) in [4.78, 5) is 26.6. The Kier molecular flexibility index (Phi) is 9.26. The Morgan fingerprint density at radius 2 is 1.10 bits per heavy atom. The first-order valence-electron chi connectivity index (χ1n) is 10.1. The van der Waals surface area contributed by atoms with Gasteiger partial charge in [0.05, 0.1) is 24.3 Å². The van der Waals surface area contributed by atoms with Gasteiger partial charge in [-0.15, -0.1) is 0 Å². The lowest BCUT2D eigenvalue weighted by molar-refractivity contribution is 0.0475. The molecule has 2 aromatic carbocycles. The Labute approximate surface area is 178 Å². The van der Waals surface area contributed by atoms with Crippen molar-refractivity contribution in [2.45, 2.75) is 50.3 Å². The fourth-order valence-corrected chi connectivity index (χ4v) is 3.55. The van der Waals surface area contributed by atoms with Gasteiger partial charge in [0.2, 0.25) is 0 Å². The zero-order valence-corrected chi connectivity index (χ0v) is 18.5. The van der Waals surface area contributed by atoms with Crippen LogP contribution in [0.2, 0.25) is 0 Å². The van der Waals surface area contributed by atoms with Crippen molar-refractivity contribution >= 4 is 23.7 Å². The molecule has 0 aliphatic carbocycles. The second-order valence-electron chi connectivity index (χ2n) is 7.73. The molecule has 29 heavy (non-hydrogen) atoms. The van der Waals surface area contributed by atoms with Crippen LogP contribution in [0.1, 0.15) is 61.3 Å². The third kappa shape index (κ3) is 7.58. The van der Waals surface area contributed by atoms with Gasteiger partial charge >= 0.3 is 11.9 Å². The molecular formula is C24H30O4S. The highest BCUT2D eigenvalue weighted by Crippen LogP contribution is 2.33. The third-order valence-corrected chi connectivity index (χ3v) is 5.44. The average Bonchev–Trinajstić information content (AvgIpc) is 2.68. The van der Waals surface area contributed by atoms with Crippen LogP contribution in [0.15, 0.2) is 58.3 Å². The second kappa shape index (κ2) is 11.7. The highest BCUT2D eigenvalue weighted by atomic mass is 32.2. The molecule has 0 bridgehead atoms. The number of ether oxygens (including phenoxy) is 2. The Bertz CT molecular complexity index is 747. The van der Waals surface area contributed by atoms with Crippen LogP contribution < -0.4 is 0 Å². The van der Waals surface area contributed by atoms with Gasteiger partial charge in [-0.25, -0.2) is 9.59 Å². The molecular weight excluding hydrogens is 384 g/mol. The first kappa shape index (κ1) is 23.0. The smallest absolute Gasteiger partial charge is 0.339 e. The quantitative estimate of drug-likeness (QED) is 0.431. The van der Waals surface area contributed by atoms with E-state index in [1.165, 1.54) is 11.8 Å². The molecule has 0 saturated carbocycles. The molecule has 5 heteroatoms. The van der Waals surface area contributed by atoms with Crippen molar-refractivity contribution in [2.24, 2.45) is 11.8 Å². The van der Waals surface area contributed by atoms with E-state index in [1.54, 1.807) is 12.1 Å².